The lowest BCUT2D eigenvalue weighted by molar-refractivity contribution is -0.462. The van der Waals surface area contributed by atoms with Crippen molar-refractivity contribution in [3.05, 3.63) is 29.3 Å². The molecule has 0 aromatic heterocycles. The SMILES string of the molecule is CCCc1c(O)cccc1C(F)(F)C(F)(F)C(F)(F)C(F)(F)C(F)(F)C(F)(F)C(F)(F)C(F)(F)F. The second kappa shape index (κ2) is 8.45. The predicted molar refractivity (Wildman–Crippen MR) is 81.7 cm³/mol. The van der Waals surface area contributed by atoms with E-state index in [1.54, 1.807) is 0 Å². The molecule has 204 valence electrons. The first-order chi connectivity index (χ1) is 15.2. The van der Waals surface area contributed by atoms with Gasteiger partial charge in [0, 0.05) is 11.1 Å². The summed E-state index contributed by atoms with van der Waals surface area (Å²) in [5.41, 5.74) is -3.66. The summed E-state index contributed by atoms with van der Waals surface area (Å²) in [6.45, 7) is 1.15. The molecule has 35 heavy (non-hydrogen) atoms. The number of phenols is 1. The summed E-state index contributed by atoms with van der Waals surface area (Å²) in [7, 11) is 0. The lowest BCUT2D eigenvalue weighted by atomic mass is 9.85. The van der Waals surface area contributed by atoms with Gasteiger partial charge in [-0.05, 0) is 12.5 Å². The second-order valence-electron chi connectivity index (χ2n) is 7.07. The molecule has 0 unspecified atom stereocenters. The van der Waals surface area contributed by atoms with Crippen molar-refractivity contribution in [1.82, 2.24) is 0 Å². The van der Waals surface area contributed by atoms with Crippen molar-refractivity contribution in [2.75, 3.05) is 0 Å². The number of rotatable bonds is 9. The predicted octanol–water partition coefficient (Wildman–Crippen LogP) is 7.81. The van der Waals surface area contributed by atoms with Gasteiger partial charge in [0.25, 0.3) is 0 Å². The zero-order chi connectivity index (χ0) is 28.3. The monoisotopic (exact) mass is 554 g/mol. The summed E-state index contributed by atoms with van der Waals surface area (Å²) in [6.07, 6.45) is -8.92. The van der Waals surface area contributed by atoms with Crippen LogP contribution in [0.4, 0.5) is 74.6 Å². The fourth-order valence-electron chi connectivity index (χ4n) is 2.71. The van der Waals surface area contributed by atoms with Gasteiger partial charge in [-0.3, -0.25) is 0 Å². The fraction of sp³-hybridized carbons (Fsp3) is 0.647. The molecular weight excluding hydrogens is 543 g/mol. The van der Waals surface area contributed by atoms with Crippen molar-refractivity contribution in [1.29, 1.82) is 0 Å². The summed E-state index contributed by atoms with van der Waals surface area (Å²) in [4.78, 5) is 0. The van der Waals surface area contributed by atoms with Crippen molar-refractivity contribution in [2.45, 2.75) is 67.4 Å². The number of phenolic OH excluding ortho intramolecular Hbond substituents is 1. The van der Waals surface area contributed by atoms with Crippen LogP contribution in [0.1, 0.15) is 24.5 Å². The Balaban J connectivity index is 3.82. The average Bonchev–Trinajstić information content (AvgIpc) is 2.67. The van der Waals surface area contributed by atoms with Crippen molar-refractivity contribution in [2.24, 2.45) is 0 Å². The smallest absolute Gasteiger partial charge is 0.460 e. The van der Waals surface area contributed by atoms with Crippen LogP contribution in [0.25, 0.3) is 0 Å². The van der Waals surface area contributed by atoms with Crippen LogP contribution in [-0.2, 0) is 12.3 Å². The fourth-order valence-corrected chi connectivity index (χ4v) is 2.71. The van der Waals surface area contributed by atoms with Crippen molar-refractivity contribution >= 4 is 0 Å². The molecule has 0 aliphatic heterocycles. The maximum Gasteiger partial charge on any atom is 0.460 e. The first kappa shape index (κ1) is 30.9. The highest BCUT2D eigenvalue weighted by molar-refractivity contribution is 5.43. The number of benzene rings is 1. The molecule has 1 N–H and O–H groups in total. The summed E-state index contributed by atoms with van der Waals surface area (Å²) in [5.74, 6) is -58.2. The molecule has 0 aliphatic carbocycles. The summed E-state index contributed by atoms with van der Waals surface area (Å²) < 4.78 is 228. The standard InChI is InChI=1S/C17H11F17O/c1-2-4-7-8(5-3-6-9(7)35)10(18,19)11(20,21)12(22,23)13(24,25)14(26,27)15(28,29)16(30,31)17(32,33)34/h3,5-6,35H,2,4H2,1H3. The lowest BCUT2D eigenvalue weighted by Gasteiger charge is -2.43. The van der Waals surface area contributed by atoms with Gasteiger partial charge in [0.2, 0.25) is 0 Å². The first-order valence-corrected chi connectivity index (χ1v) is 8.74. The van der Waals surface area contributed by atoms with Gasteiger partial charge in [-0.15, -0.1) is 0 Å². The molecule has 0 fully saturated rings. The molecule has 0 atom stereocenters. The Hall–Kier alpha value is -2.17. The van der Waals surface area contributed by atoms with Crippen LogP contribution < -0.4 is 0 Å². The van der Waals surface area contributed by atoms with E-state index in [0.717, 1.165) is 6.92 Å². The van der Waals surface area contributed by atoms with Gasteiger partial charge < -0.3 is 5.11 Å². The Morgan fingerprint density at radius 1 is 0.571 bits per heavy atom. The lowest BCUT2D eigenvalue weighted by Crippen LogP contribution is -2.74. The van der Waals surface area contributed by atoms with Crippen LogP contribution in [0.2, 0.25) is 0 Å². The summed E-state index contributed by atoms with van der Waals surface area (Å²) >= 11 is 0. The minimum atomic E-state index is -8.67. The molecule has 1 aromatic carbocycles. The Morgan fingerprint density at radius 2 is 0.943 bits per heavy atom. The molecule has 18 heteroatoms. The molecule has 0 spiro atoms. The van der Waals surface area contributed by atoms with E-state index in [2.05, 4.69) is 0 Å². The van der Waals surface area contributed by atoms with E-state index in [1.807, 2.05) is 0 Å². The summed E-state index contributed by atoms with van der Waals surface area (Å²) in [5, 5.41) is 9.49. The number of hydrogen-bond donors (Lipinski definition) is 1. The number of halogens is 17. The molecule has 0 aliphatic rings. The van der Waals surface area contributed by atoms with Gasteiger partial charge in [0.05, 0.1) is 0 Å². The minimum Gasteiger partial charge on any atom is -0.508 e. The Labute approximate surface area is 183 Å². The van der Waals surface area contributed by atoms with Crippen LogP contribution in [-0.4, -0.2) is 46.8 Å². The van der Waals surface area contributed by atoms with E-state index in [-0.39, 0.29) is 18.6 Å². The second-order valence-corrected chi connectivity index (χ2v) is 7.07. The topological polar surface area (TPSA) is 20.2 Å². The molecule has 0 saturated heterocycles. The van der Waals surface area contributed by atoms with Crippen LogP contribution >= 0.6 is 0 Å². The van der Waals surface area contributed by atoms with E-state index in [1.165, 1.54) is 0 Å². The molecule has 1 aromatic rings. The Morgan fingerprint density at radius 3 is 1.31 bits per heavy atom. The third-order valence-corrected chi connectivity index (χ3v) is 4.71. The van der Waals surface area contributed by atoms with Crippen molar-refractivity contribution < 1.29 is 79.7 Å². The number of aromatic hydroxyl groups is 1. The van der Waals surface area contributed by atoms with Crippen LogP contribution in [0.3, 0.4) is 0 Å². The molecule has 0 radical (unpaired) electrons. The highest BCUT2D eigenvalue weighted by Gasteiger charge is 2.95. The Kier molecular flexibility index (Phi) is 7.45. The highest BCUT2D eigenvalue weighted by Crippen LogP contribution is 2.65. The molecule has 0 heterocycles. The third-order valence-electron chi connectivity index (χ3n) is 4.71. The number of alkyl halides is 17. The van der Waals surface area contributed by atoms with Gasteiger partial charge >= 0.3 is 47.6 Å². The zero-order valence-electron chi connectivity index (χ0n) is 16.5. The van der Waals surface area contributed by atoms with Gasteiger partial charge in [0.15, 0.2) is 0 Å². The molecule has 1 nitrogen and oxygen atoms in total. The van der Waals surface area contributed by atoms with Crippen molar-refractivity contribution in [3.63, 3.8) is 0 Å². The normalized spacial score (nSPS) is 15.5. The maximum absolute atomic E-state index is 14.4. The van der Waals surface area contributed by atoms with Crippen molar-refractivity contribution in [3.8, 4) is 5.75 Å². The van der Waals surface area contributed by atoms with E-state index >= 15 is 0 Å². The van der Waals surface area contributed by atoms with E-state index in [4.69, 9.17) is 0 Å². The van der Waals surface area contributed by atoms with Crippen LogP contribution in [0.5, 0.6) is 5.75 Å². The van der Waals surface area contributed by atoms with Gasteiger partial charge in [-0.2, -0.15) is 74.6 Å². The highest BCUT2D eigenvalue weighted by atomic mass is 19.4. The largest absolute Gasteiger partial charge is 0.508 e. The zero-order valence-corrected chi connectivity index (χ0v) is 16.5. The average molecular weight is 554 g/mol. The van der Waals surface area contributed by atoms with Crippen LogP contribution in [0, 0.1) is 0 Å². The van der Waals surface area contributed by atoms with Gasteiger partial charge in [-0.25, -0.2) is 0 Å². The molecule has 1 rings (SSSR count). The van der Waals surface area contributed by atoms with E-state index < -0.39 is 70.9 Å². The molecular formula is C17H11F17O. The summed E-state index contributed by atoms with van der Waals surface area (Å²) in [6, 6.07) is 0.664. The Bertz CT molecular complexity index is 916. The van der Waals surface area contributed by atoms with E-state index in [0.29, 0.717) is 6.07 Å². The quantitative estimate of drug-likeness (QED) is 0.309. The van der Waals surface area contributed by atoms with Gasteiger partial charge in [0.1, 0.15) is 5.75 Å². The first-order valence-electron chi connectivity index (χ1n) is 8.74. The van der Waals surface area contributed by atoms with E-state index in [9.17, 15) is 79.7 Å². The minimum absolute atomic E-state index is 0.155. The molecule has 0 saturated carbocycles. The number of hydrogen-bond acceptors (Lipinski definition) is 1. The van der Waals surface area contributed by atoms with Gasteiger partial charge in [-0.1, -0.05) is 25.5 Å². The third kappa shape index (κ3) is 4.03. The molecule has 0 amide bonds. The molecule has 0 bridgehead atoms. The van der Waals surface area contributed by atoms with Crippen LogP contribution in [0.15, 0.2) is 18.2 Å². The maximum atomic E-state index is 14.4.